The van der Waals surface area contributed by atoms with Crippen molar-refractivity contribution in [2.75, 3.05) is 7.11 Å². The summed E-state index contributed by atoms with van der Waals surface area (Å²) in [5, 5.41) is 2.08. The number of nitrogens with zero attached hydrogens (tertiary/aromatic N) is 1. The van der Waals surface area contributed by atoms with Gasteiger partial charge >= 0.3 is 0 Å². The molecule has 0 aliphatic rings. The zero-order valence-electron chi connectivity index (χ0n) is 9.43. The molecule has 1 aromatic carbocycles. The van der Waals surface area contributed by atoms with Crippen LogP contribution in [0.1, 0.15) is 10.7 Å². The van der Waals surface area contributed by atoms with Crippen LogP contribution in [-0.2, 0) is 6.42 Å². The Labute approximate surface area is 103 Å². The van der Waals surface area contributed by atoms with Crippen molar-refractivity contribution >= 4 is 22.4 Å². The zero-order chi connectivity index (χ0) is 11.7. The third-order valence-corrected chi connectivity index (χ3v) is 3.54. The number of H-pyrrole nitrogens is 1. The maximum absolute atomic E-state index is 5.19. The van der Waals surface area contributed by atoms with Crippen molar-refractivity contribution in [2.24, 2.45) is 0 Å². The summed E-state index contributed by atoms with van der Waals surface area (Å²) in [7, 11) is 1.67. The highest BCUT2D eigenvalue weighted by atomic mass is 32.1. The number of hydrogen-bond donors (Lipinski definition) is 1. The van der Waals surface area contributed by atoms with E-state index < -0.39 is 0 Å². The van der Waals surface area contributed by atoms with Gasteiger partial charge in [-0.2, -0.15) is 0 Å². The maximum atomic E-state index is 5.19. The van der Waals surface area contributed by atoms with Crippen LogP contribution in [0, 0.1) is 0 Å². The number of benzene rings is 1. The molecule has 2 heterocycles. The Hall–Kier alpha value is -1.81. The first-order valence-electron chi connectivity index (χ1n) is 5.40. The third kappa shape index (κ3) is 2.03. The predicted molar refractivity (Wildman–Crippen MR) is 69.8 cm³/mol. The van der Waals surface area contributed by atoms with Crippen molar-refractivity contribution in [1.82, 2.24) is 9.97 Å². The van der Waals surface area contributed by atoms with E-state index in [4.69, 9.17) is 4.74 Å². The number of rotatable bonds is 3. The summed E-state index contributed by atoms with van der Waals surface area (Å²) in [5.74, 6) is 1.85. The zero-order valence-corrected chi connectivity index (χ0v) is 10.3. The minimum atomic E-state index is 0.851. The minimum absolute atomic E-state index is 0.851. The van der Waals surface area contributed by atoms with Crippen LogP contribution < -0.4 is 4.74 Å². The molecule has 0 saturated carbocycles. The van der Waals surface area contributed by atoms with Crippen LogP contribution in [-0.4, -0.2) is 17.1 Å². The van der Waals surface area contributed by atoms with Crippen molar-refractivity contribution < 1.29 is 4.74 Å². The second kappa shape index (κ2) is 4.22. The van der Waals surface area contributed by atoms with E-state index >= 15 is 0 Å². The van der Waals surface area contributed by atoms with Crippen LogP contribution in [0.25, 0.3) is 11.0 Å². The Bertz CT molecular complexity index is 628. The molecule has 0 fully saturated rings. The highest BCUT2D eigenvalue weighted by Gasteiger charge is 2.05. The summed E-state index contributed by atoms with van der Waals surface area (Å²) in [6, 6.07) is 10.1. The summed E-state index contributed by atoms with van der Waals surface area (Å²) >= 11 is 1.75. The van der Waals surface area contributed by atoms with E-state index in [0.29, 0.717) is 0 Å². The van der Waals surface area contributed by atoms with E-state index in [1.54, 1.807) is 18.4 Å². The van der Waals surface area contributed by atoms with Crippen molar-refractivity contribution in [3.63, 3.8) is 0 Å². The highest BCUT2D eigenvalue weighted by Crippen LogP contribution is 2.20. The molecule has 3 rings (SSSR count). The SMILES string of the molecule is COc1ccc2nc(Cc3cccs3)[nH]c2c1. The first kappa shape index (κ1) is 10.4. The summed E-state index contributed by atoms with van der Waals surface area (Å²) in [5.41, 5.74) is 2.01. The molecule has 3 nitrogen and oxygen atoms in total. The van der Waals surface area contributed by atoms with Crippen molar-refractivity contribution in [3.05, 3.63) is 46.4 Å². The van der Waals surface area contributed by atoms with Crippen molar-refractivity contribution in [1.29, 1.82) is 0 Å². The summed E-state index contributed by atoms with van der Waals surface area (Å²) < 4.78 is 5.19. The molecule has 2 aromatic heterocycles. The predicted octanol–water partition coefficient (Wildman–Crippen LogP) is 3.22. The number of imidazole rings is 1. The quantitative estimate of drug-likeness (QED) is 0.768. The van der Waals surface area contributed by atoms with Crippen LogP contribution in [0.3, 0.4) is 0 Å². The molecule has 4 heteroatoms. The van der Waals surface area contributed by atoms with Crippen LogP contribution in [0.15, 0.2) is 35.7 Å². The lowest BCUT2D eigenvalue weighted by Crippen LogP contribution is -1.86. The van der Waals surface area contributed by atoms with Crippen molar-refractivity contribution in [2.45, 2.75) is 6.42 Å². The molecule has 0 aliphatic carbocycles. The lowest BCUT2D eigenvalue weighted by molar-refractivity contribution is 0.415. The Morgan fingerprint density at radius 3 is 3.06 bits per heavy atom. The molecule has 0 amide bonds. The number of nitrogens with one attached hydrogen (secondary N) is 1. The number of methoxy groups -OCH3 is 1. The summed E-state index contributed by atoms with van der Waals surface area (Å²) in [6.45, 7) is 0. The Balaban J connectivity index is 1.96. The number of ether oxygens (including phenoxy) is 1. The van der Waals surface area contributed by atoms with Gasteiger partial charge in [0.05, 0.1) is 18.1 Å². The molecule has 1 N–H and O–H groups in total. The minimum Gasteiger partial charge on any atom is -0.497 e. The van der Waals surface area contributed by atoms with Gasteiger partial charge in [-0.3, -0.25) is 0 Å². The van der Waals surface area contributed by atoms with Gasteiger partial charge in [0, 0.05) is 17.4 Å². The standard InChI is InChI=1S/C13H12N2OS/c1-16-9-4-5-11-12(7-9)15-13(14-11)8-10-3-2-6-17-10/h2-7H,8H2,1H3,(H,14,15). The van der Waals surface area contributed by atoms with Crippen LogP contribution >= 0.6 is 11.3 Å². The van der Waals surface area contributed by atoms with Crippen LogP contribution in [0.2, 0.25) is 0 Å². The molecular formula is C13H12N2OS. The molecule has 0 saturated heterocycles. The fraction of sp³-hybridized carbons (Fsp3) is 0.154. The van der Waals surface area contributed by atoms with Crippen LogP contribution in [0.5, 0.6) is 5.75 Å². The first-order chi connectivity index (χ1) is 8.35. The van der Waals surface area contributed by atoms with Gasteiger partial charge in [-0.25, -0.2) is 4.98 Å². The lowest BCUT2D eigenvalue weighted by Gasteiger charge is -1.96. The van der Waals surface area contributed by atoms with Gasteiger partial charge in [0.2, 0.25) is 0 Å². The summed E-state index contributed by atoms with van der Waals surface area (Å²) in [4.78, 5) is 9.20. The fourth-order valence-corrected chi connectivity index (χ4v) is 2.54. The van der Waals surface area contributed by atoms with Gasteiger partial charge in [0.25, 0.3) is 0 Å². The molecule has 3 aromatic rings. The van der Waals surface area contributed by atoms with E-state index in [9.17, 15) is 0 Å². The van der Waals surface area contributed by atoms with E-state index in [1.807, 2.05) is 18.2 Å². The second-order valence-corrected chi connectivity index (χ2v) is 4.85. The van der Waals surface area contributed by atoms with E-state index in [-0.39, 0.29) is 0 Å². The second-order valence-electron chi connectivity index (χ2n) is 3.82. The van der Waals surface area contributed by atoms with Crippen LogP contribution in [0.4, 0.5) is 0 Å². The largest absolute Gasteiger partial charge is 0.497 e. The fourth-order valence-electron chi connectivity index (χ4n) is 1.83. The van der Waals surface area contributed by atoms with E-state index in [1.165, 1.54) is 4.88 Å². The number of hydrogen-bond acceptors (Lipinski definition) is 3. The molecule has 17 heavy (non-hydrogen) atoms. The summed E-state index contributed by atoms with van der Waals surface area (Å²) in [6.07, 6.45) is 0.856. The van der Waals surface area contributed by atoms with Gasteiger partial charge < -0.3 is 9.72 Å². The Morgan fingerprint density at radius 2 is 2.29 bits per heavy atom. The van der Waals surface area contributed by atoms with E-state index in [0.717, 1.165) is 29.0 Å². The number of aromatic amines is 1. The number of thiophene rings is 1. The molecule has 0 atom stereocenters. The molecule has 86 valence electrons. The average molecular weight is 244 g/mol. The number of fused-ring (bicyclic) bond motifs is 1. The monoisotopic (exact) mass is 244 g/mol. The lowest BCUT2D eigenvalue weighted by atomic mass is 10.3. The molecule has 0 radical (unpaired) electrons. The van der Waals surface area contributed by atoms with Gasteiger partial charge in [0.1, 0.15) is 11.6 Å². The highest BCUT2D eigenvalue weighted by molar-refractivity contribution is 7.09. The van der Waals surface area contributed by atoms with Gasteiger partial charge in [-0.1, -0.05) is 6.07 Å². The molecule has 0 unspecified atom stereocenters. The first-order valence-corrected chi connectivity index (χ1v) is 6.28. The van der Waals surface area contributed by atoms with E-state index in [2.05, 4.69) is 27.5 Å². The molecular weight excluding hydrogens is 232 g/mol. The van der Waals surface area contributed by atoms with Crippen molar-refractivity contribution in [3.8, 4) is 5.75 Å². The Kier molecular flexibility index (Phi) is 2.57. The third-order valence-electron chi connectivity index (χ3n) is 2.66. The normalized spacial score (nSPS) is 10.9. The topological polar surface area (TPSA) is 37.9 Å². The van der Waals surface area contributed by atoms with Gasteiger partial charge in [-0.05, 0) is 23.6 Å². The molecule has 0 spiro atoms. The Morgan fingerprint density at radius 1 is 1.35 bits per heavy atom. The molecule has 0 bridgehead atoms. The number of aromatic nitrogens is 2. The molecule has 0 aliphatic heterocycles. The average Bonchev–Trinajstić information content (AvgIpc) is 2.96. The van der Waals surface area contributed by atoms with Gasteiger partial charge in [0.15, 0.2) is 0 Å². The smallest absolute Gasteiger partial charge is 0.121 e. The maximum Gasteiger partial charge on any atom is 0.121 e. The van der Waals surface area contributed by atoms with Gasteiger partial charge in [-0.15, -0.1) is 11.3 Å².